The number of methoxy groups -OCH3 is 1. The highest BCUT2D eigenvalue weighted by atomic mass is 32.2. The molecule has 0 N–H and O–H groups in total. The summed E-state index contributed by atoms with van der Waals surface area (Å²) < 4.78 is 37.8. The standard InChI is InChI=1S/C20H28N2O6S/c1-21(14-16-6-5-13-28-16)19(23)15-9-11-22(12-10-15)29(25,26)18-8-4-3-7-17(18)20(24)27-2/h3-4,7-8,15-16H,5-6,9-14H2,1-2H3. The van der Waals surface area contributed by atoms with Crippen LogP contribution in [0.4, 0.5) is 0 Å². The van der Waals surface area contributed by atoms with Crippen LogP contribution in [0.3, 0.4) is 0 Å². The third-order valence-corrected chi connectivity index (χ3v) is 7.55. The molecule has 1 unspecified atom stereocenters. The minimum Gasteiger partial charge on any atom is -0.465 e. The van der Waals surface area contributed by atoms with Crippen LogP contribution in [-0.4, -0.2) is 76.0 Å². The number of benzene rings is 1. The van der Waals surface area contributed by atoms with Crippen molar-refractivity contribution in [3.63, 3.8) is 0 Å². The van der Waals surface area contributed by atoms with Crippen LogP contribution >= 0.6 is 0 Å². The first kappa shape index (κ1) is 21.7. The van der Waals surface area contributed by atoms with E-state index in [1.807, 2.05) is 0 Å². The third kappa shape index (κ3) is 4.79. The van der Waals surface area contributed by atoms with Crippen molar-refractivity contribution in [3.05, 3.63) is 29.8 Å². The number of piperidine rings is 1. The molecule has 2 saturated heterocycles. The Morgan fingerprint density at radius 1 is 1.21 bits per heavy atom. The number of carbonyl (C=O) groups excluding carboxylic acids is 2. The maximum absolute atomic E-state index is 13.1. The topological polar surface area (TPSA) is 93.2 Å². The van der Waals surface area contributed by atoms with Gasteiger partial charge in [-0.3, -0.25) is 4.79 Å². The fourth-order valence-electron chi connectivity index (χ4n) is 3.95. The largest absolute Gasteiger partial charge is 0.465 e. The lowest BCUT2D eigenvalue weighted by Gasteiger charge is -2.33. The Morgan fingerprint density at radius 2 is 1.90 bits per heavy atom. The first-order chi connectivity index (χ1) is 13.8. The number of nitrogens with zero attached hydrogens (tertiary/aromatic N) is 2. The monoisotopic (exact) mass is 424 g/mol. The maximum Gasteiger partial charge on any atom is 0.339 e. The molecule has 0 bridgehead atoms. The number of amides is 1. The highest BCUT2D eigenvalue weighted by molar-refractivity contribution is 7.89. The summed E-state index contributed by atoms with van der Waals surface area (Å²) in [5, 5.41) is 0. The van der Waals surface area contributed by atoms with E-state index in [2.05, 4.69) is 0 Å². The summed E-state index contributed by atoms with van der Waals surface area (Å²) >= 11 is 0. The summed E-state index contributed by atoms with van der Waals surface area (Å²) in [5.41, 5.74) is 0.0181. The molecular weight excluding hydrogens is 396 g/mol. The molecule has 0 spiro atoms. The Kier molecular flexibility index (Phi) is 6.92. The first-order valence-corrected chi connectivity index (χ1v) is 11.3. The molecule has 8 nitrogen and oxygen atoms in total. The average molecular weight is 425 g/mol. The number of carbonyl (C=O) groups is 2. The van der Waals surface area contributed by atoms with E-state index in [0.717, 1.165) is 19.4 Å². The summed E-state index contributed by atoms with van der Waals surface area (Å²) in [6, 6.07) is 6.03. The molecule has 0 aliphatic carbocycles. The number of esters is 1. The van der Waals surface area contributed by atoms with Crippen molar-refractivity contribution >= 4 is 21.9 Å². The summed E-state index contributed by atoms with van der Waals surface area (Å²) in [7, 11) is -0.852. The number of hydrogen-bond donors (Lipinski definition) is 0. The van der Waals surface area contributed by atoms with Gasteiger partial charge in [0.15, 0.2) is 0 Å². The minimum atomic E-state index is -3.85. The molecule has 1 aromatic rings. The van der Waals surface area contributed by atoms with Gasteiger partial charge in [-0.05, 0) is 37.8 Å². The van der Waals surface area contributed by atoms with Crippen LogP contribution in [0.15, 0.2) is 29.2 Å². The molecule has 2 aliphatic rings. The van der Waals surface area contributed by atoms with Gasteiger partial charge in [-0.1, -0.05) is 12.1 Å². The lowest BCUT2D eigenvalue weighted by Crippen LogP contribution is -2.45. The second kappa shape index (κ2) is 9.23. The van der Waals surface area contributed by atoms with E-state index in [4.69, 9.17) is 9.47 Å². The predicted molar refractivity (Wildman–Crippen MR) is 106 cm³/mol. The van der Waals surface area contributed by atoms with Crippen molar-refractivity contribution < 1.29 is 27.5 Å². The molecule has 0 saturated carbocycles. The molecule has 9 heteroatoms. The van der Waals surface area contributed by atoms with E-state index < -0.39 is 16.0 Å². The number of likely N-dealkylation sites (N-methyl/N-ethyl adjacent to an activating group) is 1. The molecule has 2 heterocycles. The van der Waals surface area contributed by atoms with Crippen LogP contribution in [0, 0.1) is 5.92 Å². The SMILES string of the molecule is COC(=O)c1ccccc1S(=O)(=O)N1CCC(C(=O)N(C)CC2CCCO2)CC1. The molecule has 0 aromatic heterocycles. The van der Waals surface area contributed by atoms with E-state index in [9.17, 15) is 18.0 Å². The van der Waals surface area contributed by atoms with Crippen molar-refractivity contribution in [1.82, 2.24) is 9.21 Å². The summed E-state index contributed by atoms with van der Waals surface area (Å²) in [4.78, 5) is 26.3. The van der Waals surface area contributed by atoms with Crippen LogP contribution < -0.4 is 0 Å². The van der Waals surface area contributed by atoms with Crippen molar-refractivity contribution in [2.75, 3.05) is 40.4 Å². The molecule has 0 radical (unpaired) electrons. The van der Waals surface area contributed by atoms with Crippen LogP contribution in [0.1, 0.15) is 36.0 Å². The molecule has 1 aromatic carbocycles. The Hall–Kier alpha value is -1.97. The normalized spacial score (nSPS) is 21.1. The highest BCUT2D eigenvalue weighted by Gasteiger charge is 2.35. The van der Waals surface area contributed by atoms with Crippen molar-refractivity contribution in [2.24, 2.45) is 5.92 Å². The average Bonchev–Trinajstić information content (AvgIpc) is 3.25. The second-order valence-corrected chi connectivity index (χ2v) is 9.43. The Balaban J connectivity index is 1.64. The predicted octanol–water partition coefficient (Wildman–Crippen LogP) is 1.51. The summed E-state index contributed by atoms with van der Waals surface area (Å²) in [6.07, 6.45) is 2.99. The Labute approximate surface area is 171 Å². The molecule has 1 amide bonds. The van der Waals surface area contributed by atoms with E-state index >= 15 is 0 Å². The van der Waals surface area contributed by atoms with Crippen LogP contribution in [0.25, 0.3) is 0 Å². The van der Waals surface area contributed by atoms with Gasteiger partial charge in [-0.15, -0.1) is 0 Å². The van der Waals surface area contributed by atoms with Crippen molar-refractivity contribution in [3.8, 4) is 0 Å². The number of ether oxygens (including phenoxy) is 2. The van der Waals surface area contributed by atoms with Gasteiger partial charge in [0.2, 0.25) is 15.9 Å². The van der Waals surface area contributed by atoms with Crippen LogP contribution in [0.2, 0.25) is 0 Å². The Morgan fingerprint density at radius 3 is 2.52 bits per heavy atom. The number of sulfonamides is 1. The fraction of sp³-hybridized carbons (Fsp3) is 0.600. The fourth-order valence-corrected chi connectivity index (χ4v) is 5.60. The van der Waals surface area contributed by atoms with Gasteiger partial charge in [0.1, 0.15) is 0 Å². The molecule has 2 aliphatic heterocycles. The van der Waals surface area contributed by atoms with Crippen LogP contribution in [0.5, 0.6) is 0 Å². The van der Waals surface area contributed by atoms with Gasteiger partial charge in [-0.25, -0.2) is 13.2 Å². The van der Waals surface area contributed by atoms with E-state index in [1.54, 1.807) is 24.1 Å². The zero-order valence-corrected chi connectivity index (χ0v) is 17.7. The van der Waals surface area contributed by atoms with E-state index in [-0.39, 0.29) is 41.5 Å². The quantitative estimate of drug-likeness (QED) is 0.643. The minimum absolute atomic E-state index is 0.0181. The Bertz CT molecular complexity index is 842. The number of hydrogen-bond acceptors (Lipinski definition) is 6. The van der Waals surface area contributed by atoms with E-state index in [0.29, 0.717) is 19.4 Å². The smallest absolute Gasteiger partial charge is 0.339 e. The van der Waals surface area contributed by atoms with Gasteiger partial charge in [0.25, 0.3) is 0 Å². The third-order valence-electron chi connectivity index (χ3n) is 5.59. The van der Waals surface area contributed by atoms with E-state index in [1.165, 1.54) is 23.5 Å². The summed E-state index contributed by atoms with van der Waals surface area (Å²) in [5.74, 6) is -0.860. The first-order valence-electron chi connectivity index (χ1n) is 9.88. The zero-order chi connectivity index (χ0) is 21.0. The molecule has 160 valence electrons. The lowest BCUT2D eigenvalue weighted by molar-refractivity contribution is -0.136. The zero-order valence-electron chi connectivity index (χ0n) is 16.9. The molecule has 1 atom stereocenters. The van der Waals surface area contributed by atoms with Crippen LogP contribution in [-0.2, 0) is 24.3 Å². The van der Waals surface area contributed by atoms with Crippen molar-refractivity contribution in [1.29, 1.82) is 0 Å². The maximum atomic E-state index is 13.1. The number of rotatable bonds is 6. The lowest BCUT2D eigenvalue weighted by atomic mass is 9.96. The molecule has 29 heavy (non-hydrogen) atoms. The molecule has 2 fully saturated rings. The highest BCUT2D eigenvalue weighted by Crippen LogP contribution is 2.27. The van der Waals surface area contributed by atoms with Gasteiger partial charge >= 0.3 is 5.97 Å². The molecular formula is C20H28N2O6S. The van der Waals surface area contributed by atoms with Gasteiger partial charge in [0.05, 0.1) is 23.7 Å². The van der Waals surface area contributed by atoms with Gasteiger partial charge in [-0.2, -0.15) is 4.31 Å². The van der Waals surface area contributed by atoms with Gasteiger partial charge < -0.3 is 14.4 Å². The van der Waals surface area contributed by atoms with Gasteiger partial charge in [0, 0.05) is 39.2 Å². The van der Waals surface area contributed by atoms with Crippen molar-refractivity contribution in [2.45, 2.75) is 36.7 Å². The molecule has 3 rings (SSSR count). The second-order valence-electron chi connectivity index (χ2n) is 7.52. The summed E-state index contributed by atoms with van der Waals surface area (Å²) in [6.45, 7) is 1.80.